The third-order valence-corrected chi connectivity index (χ3v) is 3.16. The zero-order valence-corrected chi connectivity index (χ0v) is 7.86. The Kier molecular flexibility index (Phi) is 2.13. The minimum atomic E-state index is -0.0764. The summed E-state index contributed by atoms with van der Waals surface area (Å²) in [6, 6.07) is 0. The van der Waals surface area contributed by atoms with E-state index < -0.39 is 0 Å². The average Bonchev–Trinajstić information content (AvgIpc) is 2.43. The second-order valence-corrected chi connectivity index (χ2v) is 4.53. The predicted molar refractivity (Wildman–Crippen MR) is 46.8 cm³/mol. The fourth-order valence-corrected chi connectivity index (χ4v) is 2.76. The lowest BCUT2D eigenvalue weighted by molar-refractivity contribution is -0.0575. The summed E-state index contributed by atoms with van der Waals surface area (Å²) in [6.07, 6.45) is 3.97. The summed E-state index contributed by atoms with van der Waals surface area (Å²) in [5.74, 6) is 1.19. The van der Waals surface area contributed by atoms with Crippen molar-refractivity contribution < 1.29 is 9.84 Å². The quantitative estimate of drug-likeness (QED) is 0.681. The maximum absolute atomic E-state index is 9.62. The van der Waals surface area contributed by atoms with E-state index in [1.807, 2.05) is 0 Å². The number of ether oxygens (including phenoxy) is 1. The minimum Gasteiger partial charge on any atom is -0.393 e. The number of rotatable bonds is 2. The Hall–Kier alpha value is -0.0800. The molecule has 2 aliphatic carbocycles. The highest BCUT2D eigenvalue weighted by Gasteiger charge is 2.46. The maximum atomic E-state index is 9.62. The summed E-state index contributed by atoms with van der Waals surface area (Å²) in [5, 5.41) is 9.62. The Morgan fingerprint density at radius 3 is 2.50 bits per heavy atom. The van der Waals surface area contributed by atoms with Crippen LogP contribution < -0.4 is 0 Å². The van der Waals surface area contributed by atoms with Gasteiger partial charge in [0, 0.05) is 5.92 Å². The van der Waals surface area contributed by atoms with Gasteiger partial charge < -0.3 is 9.84 Å². The molecule has 0 aromatic rings. The predicted octanol–water partition coefficient (Wildman–Crippen LogP) is 1.57. The zero-order chi connectivity index (χ0) is 8.72. The second kappa shape index (κ2) is 3.00. The van der Waals surface area contributed by atoms with Crippen LogP contribution in [0.3, 0.4) is 0 Å². The van der Waals surface area contributed by atoms with E-state index in [0.717, 1.165) is 12.3 Å². The molecule has 0 aromatic heterocycles. The molecule has 1 N–H and O–H groups in total. The Balaban J connectivity index is 1.93. The van der Waals surface area contributed by atoms with Crippen LogP contribution in [0, 0.1) is 11.8 Å². The molecular formula is C10H18O2. The third-order valence-electron chi connectivity index (χ3n) is 3.16. The Labute approximate surface area is 73.9 Å². The molecule has 4 atom stereocenters. The standard InChI is InChI=1S/C10H18O2/c1-6(2)12-10-5-7-3-8(10)9(11)4-7/h6-11H,3-5H2,1-2H3/t7-,8?,9+,10?/m1/s1. The highest BCUT2D eigenvalue weighted by molar-refractivity contribution is 4.96. The van der Waals surface area contributed by atoms with Crippen LogP contribution >= 0.6 is 0 Å². The van der Waals surface area contributed by atoms with Crippen molar-refractivity contribution in [1.82, 2.24) is 0 Å². The van der Waals surface area contributed by atoms with Gasteiger partial charge in [-0.15, -0.1) is 0 Å². The number of fused-ring (bicyclic) bond motifs is 2. The van der Waals surface area contributed by atoms with E-state index in [4.69, 9.17) is 4.74 Å². The van der Waals surface area contributed by atoms with Gasteiger partial charge >= 0.3 is 0 Å². The zero-order valence-electron chi connectivity index (χ0n) is 7.86. The van der Waals surface area contributed by atoms with Gasteiger partial charge in [0.15, 0.2) is 0 Å². The van der Waals surface area contributed by atoms with E-state index in [9.17, 15) is 5.11 Å². The minimum absolute atomic E-state index is 0.0764. The maximum Gasteiger partial charge on any atom is 0.0634 e. The van der Waals surface area contributed by atoms with Gasteiger partial charge in [-0.05, 0) is 39.0 Å². The Morgan fingerprint density at radius 1 is 1.25 bits per heavy atom. The highest BCUT2D eigenvalue weighted by Crippen LogP contribution is 2.46. The molecule has 0 spiro atoms. The van der Waals surface area contributed by atoms with Crippen LogP contribution in [0.5, 0.6) is 0 Å². The molecule has 2 saturated carbocycles. The van der Waals surface area contributed by atoms with E-state index >= 15 is 0 Å². The van der Waals surface area contributed by atoms with Crippen LogP contribution in [-0.4, -0.2) is 23.4 Å². The summed E-state index contributed by atoms with van der Waals surface area (Å²) in [6.45, 7) is 4.14. The molecule has 70 valence electrons. The van der Waals surface area contributed by atoms with Gasteiger partial charge in [0.05, 0.1) is 18.3 Å². The molecule has 2 unspecified atom stereocenters. The number of aliphatic hydroxyl groups excluding tert-OH is 1. The SMILES string of the molecule is CC(C)OC1C[C@@H]2CC1[C@@H](O)C2. The molecule has 2 fully saturated rings. The summed E-state index contributed by atoms with van der Waals surface area (Å²) in [7, 11) is 0. The van der Waals surface area contributed by atoms with Crippen LogP contribution in [0.4, 0.5) is 0 Å². The largest absolute Gasteiger partial charge is 0.393 e. The van der Waals surface area contributed by atoms with Crippen molar-refractivity contribution in [1.29, 1.82) is 0 Å². The molecule has 0 amide bonds. The molecule has 2 heteroatoms. The van der Waals surface area contributed by atoms with Crippen molar-refractivity contribution in [2.24, 2.45) is 11.8 Å². The molecule has 2 aliphatic rings. The fourth-order valence-electron chi connectivity index (χ4n) is 2.76. The molecule has 2 bridgehead atoms. The van der Waals surface area contributed by atoms with Gasteiger partial charge in [-0.2, -0.15) is 0 Å². The molecular weight excluding hydrogens is 152 g/mol. The van der Waals surface area contributed by atoms with Gasteiger partial charge in [-0.25, -0.2) is 0 Å². The van der Waals surface area contributed by atoms with Crippen molar-refractivity contribution in [3.05, 3.63) is 0 Å². The van der Waals surface area contributed by atoms with Crippen LogP contribution in [0.1, 0.15) is 33.1 Å². The third kappa shape index (κ3) is 1.38. The summed E-state index contributed by atoms with van der Waals surface area (Å²) < 4.78 is 5.76. The van der Waals surface area contributed by atoms with Crippen LogP contribution in [0.25, 0.3) is 0 Å². The molecule has 0 aromatic carbocycles. The van der Waals surface area contributed by atoms with Crippen molar-refractivity contribution >= 4 is 0 Å². The van der Waals surface area contributed by atoms with Gasteiger partial charge in [0.25, 0.3) is 0 Å². The Bertz CT molecular complexity index is 167. The molecule has 0 heterocycles. The fraction of sp³-hybridized carbons (Fsp3) is 1.00. The van der Waals surface area contributed by atoms with E-state index in [0.29, 0.717) is 18.1 Å². The van der Waals surface area contributed by atoms with Gasteiger partial charge in [-0.3, -0.25) is 0 Å². The molecule has 0 radical (unpaired) electrons. The first-order chi connectivity index (χ1) is 5.66. The van der Waals surface area contributed by atoms with Crippen molar-refractivity contribution in [2.45, 2.75) is 51.4 Å². The van der Waals surface area contributed by atoms with E-state index in [2.05, 4.69) is 13.8 Å². The first-order valence-corrected chi connectivity index (χ1v) is 5.00. The highest BCUT2D eigenvalue weighted by atomic mass is 16.5. The van der Waals surface area contributed by atoms with E-state index in [1.165, 1.54) is 12.8 Å². The average molecular weight is 170 g/mol. The second-order valence-electron chi connectivity index (χ2n) is 4.53. The molecule has 2 rings (SSSR count). The van der Waals surface area contributed by atoms with Crippen LogP contribution in [-0.2, 0) is 4.74 Å². The van der Waals surface area contributed by atoms with Gasteiger partial charge in [0.1, 0.15) is 0 Å². The Morgan fingerprint density at radius 2 is 2.00 bits per heavy atom. The lowest BCUT2D eigenvalue weighted by atomic mass is 9.95. The monoisotopic (exact) mass is 170 g/mol. The molecule has 0 saturated heterocycles. The van der Waals surface area contributed by atoms with E-state index in [-0.39, 0.29) is 6.10 Å². The lowest BCUT2D eigenvalue weighted by Gasteiger charge is -2.27. The van der Waals surface area contributed by atoms with Crippen molar-refractivity contribution in [3.8, 4) is 0 Å². The summed E-state index contributed by atoms with van der Waals surface area (Å²) in [5.41, 5.74) is 0. The first kappa shape index (κ1) is 8.52. The lowest BCUT2D eigenvalue weighted by Crippen LogP contribution is -2.32. The smallest absolute Gasteiger partial charge is 0.0634 e. The summed E-state index contributed by atoms with van der Waals surface area (Å²) >= 11 is 0. The normalized spacial score (nSPS) is 46.0. The van der Waals surface area contributed by atoms with Gasteiger partial charge in [0.2, 0.25) is 0 Å². The first-order valence-electron chi connectivity index (χ1n) is 5.00. The van der Waals surface area contributed by atoms with Gasteiger partial charge in [-0.1, -0.05) is 0 Å². The molecule has 0 aliphatic heterocycles. The van der Waals surface area contributed by atoms with Crippen molar-refractivity contribution in [3.63, 3.8) is 0 Å². The number of aliphatic hydroxyl groups is 1. The molecule has 2 nitrogen and oxygen atoms in total. The molecule has 12 heavy (non-hydrogen) atoms. The number of hydrogen-bond acceptors (Lipinski definition) is 2. The van der Waals surface area contributed by atoms with Crippen LogP contribution in [0.2, 0.25) is 0 Å². The topological polar surface area (TPSA) is 29.5 Å². The van der Waals surface area contributed by atoms with Crippen LogP contribution in [0.15, 0.2) is 0 Å². The summed E-state index contributed by atoms with van der Waals surface area (Å²) in [4.78, 5) is 0. The van der Waals surface area contributed by atoms with Crippen molar-refractivity contribution in [2.75, 3.05) is 0 Å². The van der Waals surface area contributed by atoms with E-state index in [1.54, 1.807) is 0 Å². The number of hydrogen-bond donors (Lipinski definition) is 1.